The third-order valence-corrected chi connectivity index (χ3v) is 2.59. The lowest BCUT2D eigenvalue weighted by atomic mass is 10.0. The maximum atomic E-state index is 6.00. The molecular formula is C12H19NO2. The van der Waals surface area contributed by atoms with Gasteiger partial charge in [-0.25, -0.2) is 0 Å². The molecule has 0 saturated heterocycles. The molecule has 2 N–H and O–H groups in total. The fourth-order valence-corrected chi connectivity index (χ4v) is 1.55. The Hall–Kier alpha value is -1.06. The predicted octanol–water partition coefficient (Wildman–Crippen LogP) is 1.96. The van der Waals surface area contributed by atoms with Gasteiger partial charge in [-0.2, -0.15) is 0 Å². The first-order valence-corrected chi connectivity index (χ1v) is 4.99. The van der Waals surface area contributed by atoms with Crippen molar-refractivity contribution in [3.8, 4) is 5.75 Å². The molecule has 0 bridgehead atoms. The monoisotopic (exact) mass is 209 g/mol. The van der Waals surface area contributed by atoms with Crippen molar-refractivity contribution in [1.29, 1.82) is 0 Å². The molecule has 0 fully saturated rings. The fraction of sp³-hybridized carbons (Fsp3) is 0.500. The van der Waals surface area contributed by atoms with Gasteiger partial charge in [0.1, 0.15) is 5.75 Å². The summed E-state index contributed by atoms with van der Waals surface area (Å²) in [6.07, 6.45) is 0. The van der Waals surface area contributed by atoms with Crippen molar-refractivity contribution in [2.45, 2.75) is 19.9 Å². The Kier molecular flexibility index (Phi) is 4.12. The van der Waals surface area contributed by atoms with E-state index in [4.69, 9.17) is 15.2 Å². The lowest BCUT2D eigenvalue weighted by Crippen LogP contribution is -2.17. The van der Waals surface area contributed by atoms with Gasteiger partial charge in [0.2, 0.25) is 0 Å². The van der Waals surface area contributed by atoms with Crippen LogP contribution in [0.5, 0.6) is 5.75 Å². The predicted molar refractivity (Wildman–Crippen MR) is 61.3 cm³/mol. The largest absolute Gasteiger partial charge is 0.496 e. The smallest absolute Gasteiger partial charge is 0.123 e. The van der Waals surface area contributed by atoms with E-state index in [9.17, 15) is 0 Å². The molecule has 1 unspecified atom stereocenters. The summed E-state index contributed by atoms with van der Waals surface area (Å²) in [5, 5.41) is 0. The van der Waals surface area contributed by atoms with Gasteiger partial charge in [0.25, 0.3) is 0 Å². The molecule has 0 spiro atoms. The third kappa shape index (κ3) is 2.70. The summed E-state index contributed by atoms with van der Waals surface area (Å²) in [6.45, 7) is 4.63. The van der Waals surface area contributed by atoms with Gasteiger partial charge in [0, 0.05) is 12.7 Å². The van der Waals surface area contributed by atoms with Gasteiger partial charge in [-0.1, -0.05) is 6.07 Å². The van der Waals surface area contributed by atoms with Crippen LogP contribution >= 0.6 is 0 Å². The second kappa shape index (κ2) is 5.14. The maximum absolute atomic E-state index is 6.00. The summed E-state index contributed by atoms with van der Waals surface area (Å²) in [4.78, 5) is 0. The zero-order valence-corrected chi connectivity index (χ0v) is 9.83. The van der Waals surface area contributed by atoms with E-state index in [0.29, 0.717) is 6.61 Å². The van der Waals surface area contributed by atoms with Crippen LogP contribution in [-0.2, 0) is 4.74 Å². The topological polar surface area (TPSA) is 44.5 Å². The number of hydrogen-bond donors (Lipinski definition) is 1. The van der Waals surface area contributed by atoms with Gasteiger partial charge < -0.3 is 15.2 Å². The van der Waals surface area contributed by atoms with Crippen molar-refractivity contribution in [3.63, 3.8) is 0 Å². The van der Waals surface area contributed by atoms with Crippen LogP contribution in [0.2, 0.25) is 0 Å². The molecule has 0 amide bonds. The summed E-state index contributed by atoms with van der Waals surface area (Å²) >= 11 is 0. The van der Waals surface area contributed by atoms with E-state index in [0.717, 1.165) is 11.3 Å². The summed E-state index contributed by atoms with van der Waals surface area (Å²) in [6, 6.07) is 3.95. The van der Waals surface area contributed by atoms with Crippen LogP contribution in [0.15, 0.2) is 12.1 Å². The van der Waals surface area contributed by atoms with Crippen molar-refractivity contribution in [3.05, 3.63) is 28.8 Å². The van der Waals surface area contributed by atoms with E-state index >= 15 is 0 Å². The van der Waals surface area contributed by atoms with Gasteiger partial charge >= 0.3 is 0 Å². The van der Waals surface area contributed by atoms with Crippen LogP contribution in [-0.4, -0.2) is 20.8 Å². The Morgan fingerprint density at radius 2 is 1.80 bits per heavy atom. The third-order valence-electron chi connectivity index (χ3n) is 2.59. The van der Waals surface area contributed by atoms with Crippen LogP contribution in [0.3, 0.4) is 0 Å². The van der Waals surface area contributed by atoms with E-state index in [1.807, 2.05) is 6.07 Å². The van der Waals surface area contributed by atoms with E-state index in [-0.39, 0.29) is 6.04 Å². The Balaban J connectivity index is 3.09. The molecule has 3 heteroatoms. The van der Waals surface area contributed by atoms with Gasteiger partial charge in [-0.15, -0.1) is 0 Å². The Labute approximate surface area is 91.2 Å². The minimum absolute atomic E-state index is 0.135. The fourth-order valence-electron chi connectivity index (χ4n) is 1.55. The zero-order valence-electron chi connectivity index (χ0n) is 9.83. The molecule has 0 aliphatic carbocycles. The van der Waals surface area contributed by atoms with Gasteiger partial charge in [0.15, 0.2) is 0 Å². The summed E-state index contributed by atoms with van der Waals surface area (Å²) in [5.74, 6) is 0.836. The number of ether oxygens (including phenoxy) is 2. The van der Waals surface area contributed by atoms with Crippen LogP contribution in [0.4, 0.5) is 0 Å². The highest BCUT2D eigenvalue weighted by molar-refractivity contribution is 5.43. The number of aryl methyl sites for hydroxylation is 2. The molecule has 0 aliphatic heterocycles. The molecule has 1 atom stereocenters. The van der Waals surface area contributed by atoms with E-state index in [1.54, 1.807) is 14.2 Å². The highest BCUT2D eigenvalue weighted by atomic mass is 16.5. The normalized spacial score (nSPS) is 12.6. The van der Waals surface area contributed by atoms with Crippen LogP contribution in [0.25, 0.3) is 0 Å². The molecule has 0 radical (unpaired) electrons. The van der Waals surface area contributed by atoms with Crippen molar-refractivity contribution in [2.75, 3.05) is 20.8 Å². The van der Waals surface area contributed by atoms with Crippen LogP contribution in [0.1, 0.15) is 22.7 Å². The SMILES string of the molecule is COCC(N)c1cc(C)c(C)cc1OC. The lowest BCUT2D eigenvalue weighted by Gasteiger charge is -2.16. The van der Waals surface area contributed by atoms with E-state index < -0.39 is 0 Å². The minimum Gasteiger partial charge on any atom is -0.496 e. The zero-order chi connectivity index (χ0) is 11.4. The van der Waals surface area contributed by atoms with Crippen LogP contribution in [0, 0.1) is 13.8 Å². The van der Waals surface area contributed by atoms with Crippen molar-refractivity contribution in [1.82, 2.24) is 0 Å². The van der Waals surface area contributed by atoms with Crippen LogP contribution < -0.4 is 10.5 Å². The molecule has 1 rings (SSSR count). The average molecular weight is 209 g/mol. The number of methoxy groups -OCH3 is 2. The van der Waals surface area contributed by atoms with Crippen molar-refractivity contribution < 1.29 is 9.47 Å². The second-order valence-corrected chi connectivity index (χ2v) is 3.74. The Morgan fingerprint density at radius 3 is 2.33 bits per heavy atom. The first-order valence-electron chi connectivity index (χ1n) is 4.99. The van der Waals surface area contributed by atoms with E-state index in [1.165, 1.54) is 11.1 Å². The van der Waals surface area contributed by atoms with Gasteiger partial charge in [-0.3, -0.25) is 0 Å². The number of rotatable bonds is 4. The maximum Gasteiger partial charge on any atom is 0.123 e. The molecule has 0 aliphatic rings. The molecule has 3 nitrogen and oxygen atoms in total. The number of hydrogen-bond acceptors (Lipinski definition) is 3. The summed E-state index contributed by atoms with van der Waals surface area (Å²) < 4.78 is 10.4. The lowest BCUT2D eigenvalue weighted by molar-refractivity contribution is 0.179. The average Bonchev–Trinajstić information content (AvgIpc) is 2.21. The van der Waals surface area contributed by atoms with Gasteiger partial charge in [-0.05, 0) is 31.0 Å². The molecule has 15 heavy (non-hydrogen) atoms. The molecule has 84 valence electrons. The Morgan fingerprint density at radius 1 is 1.20 bits per heavy atom. The highest BCUT2D eigenvalue weighted by Gasteiger charge is 2.13. The molecule has 1 aromatic rings. The molecule has 0 aromatic heterocycles. The first-order chi connectivity index (χ1) is 7.10. The highest BCUT2D eigenvalue weighted by Crippen LogP contribution is 2.27. The summed E-state index contributed by atoms with van der Waals surface area (Å²) in [7, 11) is 3.31. The number of benzene rings is 1. The van der Waals surface area contributed by atoms with Crippen molar-refractivity contribution in [2.24, 2.45) is 5.73 Å². The minimum atomic E-state index is -0.135. The standard InChI is InChI=1S/C12H19NO2/c1-8-5-10(11(13)7-14-3)12(15-4)6-9(8)2/h5-6,11H,7,13H2,1-4H3. The molecule has 0 heterocycles. The van der Waals surface area contributed by atoms with E-state index in [2.05, 4.69) is 19.9 Å². The molecule has 1 aromatic carbocycles. The molecular weight excluding hydrogens is 190 g/mol. The van der Waals surface area contributed by atoms with Gasteiger partial charge in [0.05, 0.1) is 19.8 Å². The number of nitrogens with two attached hydrogens (primary N) is 1. The quantitative estimate of drug-likeness (QED) is 0.824. The summed E-state index contributed by atoms with van der Waals surface area (Å²) in [5.41, 5.74) is 9.43. The second-order valence-electron chi connectivity index (χ2n) is 3.74. The van der Waals surface area contributed by atoms with Crippen molar-refractivity contribution >= 4 is 0 Å². The first kappa shape index (κ1) is 12.0. The molecule has 0 saturated carbocycles. The Bertz CT molecular complexity index is 337.